The van der Waals surface area contributed by atoms with Gasteiger partial charge in [-0.15, -0.1) is 0 Å². The van der Waals surface area contributed by atoms with E-state index in [-0.39, 0.29) is 34.8 Å². The lowest BCUT2D eigenvalue weighted by molar-refractivity contribution is -0.153. The number of Topliss-reactive ketones (excluding diaryl/α,β-unsaturated/α-hetero) is 2. The van der Waals surface area contributed by atoms with Gasteiger partial charge < -0.3 is 31.1 Å². The fourth-order valence-corrected chi connectivity index (χ4v) is 6.14. The zero-order chi connectivity index (χ0) is 25.4. The highest BCUT2D eigenvalue weighted by atomic mass is 35.5. The summed E-state index contributed by atoms with van der Waals surface area (Å²) >= 11 is 6.35. The summed E-state index contributed by atoms with van der Waals surface area (Å²) in [7, 11) is 6.59. The third-order valence-corrected chi connectivity index (χ3v) is 7.38. The number of amides is 1. The normalized spacial score (nSPS) is 28.6. The number of carbonyl (C=O) groups is 3. The number of carbonyl (C=O) groups excluding carboxylic acids is 3. The van der Waals surface area contributed by atoms with Crippen molar-refractivity contribution >= 4 is 40.5 Å². The number of anilines is 1. The van der Waals surface area contributed by atoms with Gasteiger partial charge in [-0.3, -0.25) is 19.3 Å². The van der Waals surface area contributed by atoms with Gasteiger partial charge in [0, 0.05) is 31.7 Å². The van der Waals surface area contributed by atoms with Gasteiger partial charge in [0.2, 0.25) is 5.78 Å². The minimum absolute atomic E-state index is 0.00406. The van der Waals surface area contributed by atoms with Gasteiger partial charge in [0.25, 0.3) is 5.91 Å². The molecule has 2 unspecified atom stereocenters. The van der Waals surface area contributed by atoms with Crippen molar-refractivity contribution in [3.63, 3.8) is 0 Å². The molecule has 0 bridgehead atoms. The number of phenolic OH excluding ortho intramolecular Hbond substituents is 1. The molecule has 4 atom stereocenters. The lowest BCUT2D eigenvalue weighted by Crippen LogP contribution is -2.65. The van der Waals surface area contributed by atoms with E-state index in [9.17, 15) is 34.8 Å². The largest absolute Gasteiger partial charge is 0.508 e. The molecule has 0 saturated heterocycles. The fourth-order valence-electron chi connectivity index (χ4n) is 5.76. The van der Waals surface area contributed by atoms with Gasteiger partial charge in [0.1, 0.15) is 22.8 Å². The number of rotatable bonds is 3. The molecule has 1 amide bonds. The number of halogens is 1. The van der Waals surface area contributed by atoms with E-state index < -0.39 is 58.0 Å². The van der Waals surface area contributed by atoms with Crippen LogP contribution in [0.15, 0.2) is 23.0 Å². The van der Waals surface area contributed by atoms with E-state index in [1.165, 1.54) is 11.0 Å². The van der Waals surface area contributed by atoms with Crippen LogP contribution in [0.25, 0.3) is 5.76 Å². The molecule has 0 aromatic heterocycles. The van der Waals surface area contributed by atoms with E-state index >= 15 is 0 Å². The van der Waals surface area contributed by atoms with E-state index in [0.29, 0.717) is 11.3 Å². The molecule has 182 valence electrons. The Hall–Kier alpha value is -3.08. The first-order valence-electron chi connectivity index (χ1n) is 10.6. The second kappa shape index (κ2) is 7.72. The number of aliphatic hydroxyl groups excluding tert-OH is 2. The van der Waals surface area contributed by atoms with E-state index in [4.69, 9.17) is 17.3 Å². The molecule has 0 radical (unpaired) electrons. The van der Waals surface area contributed by atoms with Crippen LogP contribution >= 0.6 is 11.6 Å². The molecule has 1 aromatic carbocycles. The predicted octanol–water partition coefficient (Wildman–Crippen LogP) is 0.683. The van der Waals surface area contributed by atoms with Crippen molar-refractivity contribution in [2.45, 2.75) is 24.5 Å². The van der Waals surface area contributed by atoms with Gasteiger partial charge >= 0.3 is 0 Å². The topological polar surface area (TPSA) is 165 Å². The maximum Gasteiger partial charge on any atom is 0.255 e. The van der Waals surface area contributed by atoms with Crippen LogP contribution in [0, 0.1) is 11.8 Å². The Morgan fingerprint density at radius 2 is 1.79 bits per heavy atom. The van der Waals surface area contributed by atoms with Crippen molar-refractivity contribution in [3.8, 4) is 5.75 Å². The SMILES string of the molecule is CN(C)c1c(Cl)cc(O)c2c1CC1CC3[C@H](N(C)C)C(=O)C(C(N)=O)=C(O)[C@@]3(O)C(=O)C1=C2O. The minimum Gasteiger partial charge on any atom is -0.508 e. The molecule has 1 saturated carbocycles. The standard InChI is InChI=1S/C23H26ClN3O7/c1-26(2)16-9-5-8-6-10-17(27(3)4)19(30)15(22(25)33)21(32)23(10,34)20(31)13(8)18(29)14(9)12(28)7-11(16)24/h7-8,10,17,28-29,32,34H,5-6H2,1-4H3,(H2,25,33)/t8?,10?,17-,23-/m0/s1. The number of fused-ring (bicyclic) bond motifs is 3. The molecule has 3 aliphatic carbocycles. The van der Waals surface area contributed by atoms with Crippen LogP contribution in [0.5, 0.6) is 5.75 Å². The molecule has 10 nitrogen and oxygen atoms in total. The van der Waals surface area contributed by atoms with Gasteiger partial charge in [0.05, 0.1) is 22.3 Å². The van der Waals surface area contributed by atoms with Crippen molar-refractivity contribution in [1.82, 2.24) is 4.90 Å². The first-order valence-corrected chi connectivity index (χ1v) is 11.0. The highest BCUT2D eigenvalue weighted by Gasteiger charge is 2.64. The van der Waals surface area contributed by atoms with Crippen molar-refractivity contribution in [2.75, 3.05) is 33.1 Å². The summed E-state index contributed by atoms with van der Waals surface area (Å²) in [6, 6.07) is 0.125. The molecule has 1 aromatic rings. The monoisotopic (exact) mass is 491 g/mol. The van der Waals surface area contributed by atoms with Gasteiger partial charge in [-0.2, -0.15) is 0 Å². The maximum atomic E-state index is 13.7. The number of likely N-dealkylation sites (N-methyl/N-ethyl adjacent to an activating group) is 1. The van der Waals surface area contributed by atoms with Gasteiger partial charge in [-0.1, -0.05) is 11.6 Å². The highest BCUT2D eigenvalue weighted by molar-refractivity contribution is 6.34. The van der Waals surface area contributed by atoms with Crippen LogP contribution in [0.1, 0.15) is 17.5 Å². The molecular formula is C23H26ClN3O7. The molecule has 1 fully saturated rings. The number of hydrogen-bond donors (Lipinski definition) is 5. The number of primary amides is 1. The summed E-state index contributed by atoms with van der Waals surface area (Å²) < 4.78 is 0. The second-order valence-corrected chi connectivity index (χ2v) is 9.84. The Balaban J connectivity index is 2.01. The van der Waals surface area contributed by atoms with Crippen LogP contribution in [-0.2, 0) is 20.8 Å². The fraction of sp³-hybridized carbons (Fsp3) is 0.435. The molecular weight excluding hydrogens is 466 g/mol. The number of aliphatic hydroxyl groups is 3. The Labute approximate surface area is 200 Å². The van der Waals surface area contributed by atoms with Crippen LogP contribution in [-0.4, -0.2) is 82.6 Å². The summed E-state index contributed by atoms with van der Waals surface area (Å²) in [5, 5.41) is 44.3. The summed E-state index contributed by atoms with van der Waals surface area (Å²) in [5.41, 5.74) is 2.68. The highest BCUT2D eigenvalue weighted by Crippen LogP contribution is 2.54. The first kappa shape index (κ1) is 24.1. The number of aromatic hydroxyl groups is 1. The molecule has 6 N–H and O–H groups in total. The Bertz CT molecular complexity index is 1220. The zero-order valence-corrected chi connectivity index (χ0v) is 19.8. The van der Waals surface area contributed by atoms with Crippen molar-refractivity contribution < 1.29 is 34.8 Å². The van der Waals surface area contributed by atoms with Crippen LogP contribution in [0.2, 0.25) is 5.02 Å². The smallest absolute Gasteiger partial charge is 0.255 e. The van der Waals surface area contributed by atoms with E-state index in [2.05, 4.69) is 0 Å². The number of nitrogens with zero attached hydrogens (tertiary/aromatic N) is 2. The lowest BCUT2D eigenvalue weighted by Gasteiger charge is -2.50. The van der Waals surface area contributed by atoms with Crippen molar-refractivity contribution in [2.24, 2.45) is 17.6 Å². The molecule has 3 aliphatic rings. The summed E-state index contributed by atoms with van der Waals surface area (Å²) in [4.78, 5) is 42.0. The van der Waals surface area contributed by atoms with Crippen LogP contribution in [0.4, 0.5) is 5.69 Å². The summed E-state index contributed by atoms with van der Waals surface area (Å²) in [6.45, 7) is 0. The van der Waals surface area contributed by atoms with Crippen LogP contribution < -0.4 is 10.6 Å². The Morgan fingerprint density at radius 1 is 1.18 bits per heavy atom. The number of benzene rings is 1. The lowest BCUT2D eigenvalue weighted by atomic mass is 9.57. The average molecular weight is 492 g/mol. The van der Waals surface area contributed by atoms with Gasteiger partial charge in [0.15, 0.2) is 11.4 Å². The third-order valence-electron chi connectivity index (χ3n) is 7.09. The van der Waals surface area contributed by atoms with Gasteiger partial charge in [-0.25, -0.2) is 0 Å². The molecule has 0 spiro atoms. The molecule has 34 heavy (non-hydrogen) atoms. The summed E-state index contributed by atoms with van der Waals surface area (Å²) in [5.74, 6) is -6.90. The number of phenols is 1. The molecule has 0 aliphatic heterocycles. The van der Waals surface area contributed by atoms with Gasteiger partial charge in [-0.05, 0) is 38.4 Å². The van der Waals surface area contributed by atoms with Crippen molar-refractivity contribution in [1.29, 1.82) is 0 Å². The van der Waals surface area contributed by atoms with E-state index in [0.717, 1.165) is 0 Å². The average Bonchev–Trinajstić information content (AvgIpc) is 2.69. The first-order chi connectivity index (χ1) is 15.7. The Morgan fingerprint density at radius 3 is 2.32 bits per heavy atom. The molecule has 0 heterocycles. The Kier molecular flexibility index (Phi) is 5.47. The quantitative estimate of drug-likeness (QED) is 0.382. The third kappa shape index (κ3) is 2.98. The van der Waals surface area contributed by atoms with Crippen LogP contribution in [0.3, 0.4) is 0 Å². The zero-order valence-electron chi connectivity index (χ0n) is 19.1. The maximum absolute atomic E-state index is 13.7. The number of nitrogens with two attached hydrogens (primary N) is 1. The molecule has 11 heteroatoms. The number of hydrogen-bond acceptors (Lipinski definition) is 9. The second-order valence-electron chi connectivity index (χ2n) is 9.44. The van der Waals surface area contributed by atoms with Crippen molar-refractivity contribution in [3.05, 3.63) is 39.1 Å². The molecule has 4 rings (SSSR count). The number of ketones is 2. The van der Waals surface area contributed by atoms with E-state index in [1.54, 1.807) is 33.1 Å². The summed E-state index contributed by atoms with van der Waals surface area (Å²) in [6.07, 6.45) is 0.197. The van der Waals surface area contributed by atoms with E-state index in [1.807, 2.05) is 0 Å². The predicted molar refractivity (Wildman–Crippen MR) is 124 cm³/mol. The minimum atomic E-state index is -2.66.